The lowest BCUT2D eigenvalue weighted by molar-refractivity contribution is -0.115. The molecule has 0 aliphatic rings. The lowest BCUT2D eigenvalue weighted by Gasteiger charge is -2.14. The minimum Gasteiger partial charge on any atom is -0.322 e. The Morgan fingerprint density at radius 2 is 2.32 bits per heavy atom. The first-order valence-corrected chi connectivity index (χ1v) is 7.38. The summed E-state index contributed by atoms with van der Waals surface area (Å²) in [5.41, 5.74) is 0.125. The molecule has 0 spiro atoms. The summed E-state index contributed by atoms with van der Waals surface area (Å²) in [4.78, 5) is 11.8. The number of carbonyl (C=O) groups excluding carboxylic acids is 1. The van der Waals surface area contributed by atoms with Crippen molar-refractivity contribution in [3.63, 3.8) is 0 Å². The van der Waals surface area contributed by atoms with Crippen LogP contribution in [0.2, 0.25) is 5.02 Å². The number of benzene rings is 1. The number of nitrogens with zero attached hydrogens (tertiary/aromatic N) is 2. The molecule has 0 aliphatic carbocycles. The van der Waals surface area contributed by atoms with Crippen LogP contribution in [-0.2, 0) is 11.3 Å². The number of aryl methyl sites for hydroxylation is 1. The molecule has 0 aliphatic heterocycles. The first-order chi connectivity index (χ1) is 10.5. The number of anilines is 1. The van der Waals surface area contributed by atoms with Crippen molar-refractivity contribution in [3.8, 4) is 0 Å². The van der Waals surface area contributed by atoms with Gasteiger partial charge in [-0.1, -0.05) is 11.6 Å². The summed E-state index contributed by atoms with van der Waals surface area (Å²) in [7, 11) is 0. The summed E-state index contributed by atoms with van der Waals surface area (Å²) in [6.45, 7) is 2.87. The topological polar surface area (TPSA) is 59.0 Å². The number of carbonyl (C=O) groups is 1. The van der Waals surface area contributed by atoms with Crippen molar-refractivity contribution < 1.29 is 9.18 Å². The van der Waals surface area contributed by atoms with E-state index in [0.29, 0.717) is 5.02 Å². The summed E-state index contributed by atoms with van der Waals surface area (Å²) < 4.78 is 15.4. The van der Waals surface area contributed by atoms with Gasteiger partial charge in [-0.25, -0.2) is 4.39 Å². The molecule has 5 nitrogen and oxygen atoms in total. The van der Waals surface area contributed by atoms with E-state index in [1.54, 1.807) is 6.20 Å². The van der Waals surface area contributed by atoms with Gasteiger partial charge < -0.3 is 10.6 Å². The van der Waals surface area contributed by atoms with E-state index in [1.165, 1.54) is 12.1 Å². The van der Waals surface area contributed by atoms with Crippen LogP contribution in [0.5, 0.6) is 0 Å². The van der Waals surface area contributed by atoms with Crippen molar-refractivity contribution >= 4 is 23.2 Å². The predicted molar refractivity (Wildman–Crippen MR) is 84.3 cm³/mol. The molecular weight excluding hydrogens is 307 g/mol. The van der Waals surface area contributed by atoms with Crippen LogP contribution in [0.1, 0.15) is 13.3 Å². The maximum Gasteiger partial charge on any atom is 0.238 e. The van der Waals surface area contributed by atoms with Crippen molar-refractivity contribution in [2.75, 3.05) is 11.9 Å². The maximum absolute atomic E-state index is 13.6. The van der Waals surface area contributed by atoms with Gasteiger partial charge in [0.25, 0.3) is 0 Å². The standard InChI is InChI=1S/C15H18ClFN4O/c1-11(5-8-21-7-2-6-19-21)18-10-15(22)20-14-4-3-12(16)9-13(14)17/h2-4,6-7,9,11,18H,5,8,10H2,1H3,(H,20,22)/t11-/m1/s1. The van der Waals surface area contributed by atoms with Crippen molar-refractivity contribution in [2.45, 2.75) is 25.9 Å². The van der Waals surface area contributed by atoms with Gasteiger partial charge >= 0.3 is 0 Å². The van der Waals surface area contributed by atoms with Crippen LogP contribution in [0.3, 0.4) is 0 Å². The second-order valence-corrected chi connectivity index (χ2v) is 5.45. The maximum atomic E-state index is 13.6. The highest BCUT2D eigenvalue weighted by atomic mass is 35.5. The molecule has 1 atom stereocenters. The first kappa shape index (κ1) is 16.5. The summed E-state index contributed by atoms with van der Waals surface area (Å²) in [6.07, 6.45) is 4.46. The molecule has 1 aromatic carbocycles. The van der Waals surface area contributed by atoms with E-state index < -0.39 is 5.82 Å². The van der Waals surface area contributed by atoms with Crippen molar-refractivity contribution in [3.05, 3.63) is 47.5 Å². The lowest BCUT2D eigenvalue weighted by Crippen LogP contribution is -2.35. The summed E-state index contributed by atoms with van der Waals surface area (Å²) in [5, 5.41) is 10.0. The molecule has 0 fully saturated rings. The van der Waals surface area contributed by atoms with Crippen molar-refractivity contribution in [1.29, 1.82) is 0 Å². The van der Waals surface area contributed by atoms with Gasteiger partial charge in [-0.3, -0.25) is 9.48 Å². The summed E-state index contributed by atoms with van der Waals surface area (Å²) in [5.74, 6) is -0.847. The molecule has 1 amide bonds. The number of aromatic nitrogens is 2. The first-order valence-electron chi connectivity index (χ1n) is 7.00. The number of rotatable bonds is 7. The fraction of sp³-hybridized carbons (Fsp3) is 0.333. The highest BCUT2D eigenvalue weighted by molar-refractivity contribution is 6.30. The molecule has 2 N–H and O–H groups in total. The summed E-state index contributed by atoms with van der Waals surface area (Å²) >= 11 is 5.66. The third-order valence-corrected chi connectivity index (χ3v) is 3.40. The quantitative estimate of drug-likeness (QED) is 0.823. The van der Waals surface area contributed by atoms with Gasteiger partial charge in [0.1, 0.15) is 5.82 Å². The van der Waals surface area contributed by atoms with E-state index in [0.717, 1.165) is 19.0 Å². The van der Waals surface area contributed by atoms with Gasteiger partial charge in [-0.15, -0.1) is 0 Å². The van der Waals surface area contributed by atoms with Crippen molar-refractivity contribution in [1.82, 2.24) is 15.1 Å². The third-order valence-electron chi connectivity index (χ3n) is 3.17. The third kappa shape index (κ3) is 5.13. The Hall–Kier alpha value is -1.92. The Bertz CT molecular complexity index is 618. The molecule has 2 rings (SSSR count). The van der Waals surface area contributed by atoms with Crippen LogP contribution < -0.4 is 10.6 Å². The van der Waals surface area contributed by atoms with E-state index in [4.69, 9.17) is 11.6 Å². The molecule has 2 aromatic rings. The van der Waals surface area contributed by atoms with Gasteiger partial charge in [-0.05, 0) is 37.6 Å². The largest absolute Gasteiger partial charge is 0.322 e. The number of halogens is 2. The number of hydrogen-bond donors (Lipinski definition) is 2. The molecule has 1 aromatic heterocycles. The van der Waals surface area contributed by atoms with Crippen LogP contribution in [-0.4, -0.2) is 28.3 Å². The Labute approximate surface area is 133 Å². The number of nitrogens with one attached hydrogen (secondary N) is 2. The zero-order valence-electron chi connectivity index (χ0n) is 12.2. The Morgan fingerprint density at radius 3 is 3.00 bits per heavy atom. The molecule has 0 bridgehead atoms. The fourth-order valence-electron chi connectivity index (χ4n) is 1.91. The van der Waals surface area contributed by atoms with Crippen LogP contribution >= 0.6 is 11.6 Å². The number of hydrogen-bond acceptors (Lipinski definition) is 3. The second-order valence-electron chi connectivity index (χ2n) is 5.01. The molecule has 7 heteroatoms. The Kier molecular flexibility index (Phi) is 5.91. The highest BCUT2D eigenvalue weighted by Gasteiger charge is 2.09. The average Bonchev–Trinajstić information content (AvgIpc) is 2.99. The van der Waals surface area contributed by atoms with Crippen molar-refractivity contribution in [2.24, 2.45) is 0 Å². The molecular formula is C15H18ClFN4O. The predicted octanol–water partition coefficient (Wildman–Crippen LogP) is 2.68. The molecule has 0 radical (unpaired) electrons. The second kappa shape index (κ2) is 7.91. The lowest BCUT2D eigenvalue weighted by atomic mass is 10.2. The highest BCUT2D eigenvalue weighted by Crippen LogP contribution is 2.18. The van der Waals surface area contributed by atoms with Gasteiger partial charge in [-0.2, -0.15) is 5.10 Å². The zero-order chi connectivity index (χ0) is 15.9. The van der Waals surface area contributed by atoms with Gasteiger partial charge in [0.15, 0.2) is 0 Å². The van der Waals surface area contributed by atoms with Crippen LogP contribution in [0.15, 0.2) is 36.7 Å². The normalized spacial score (nSPS) is 12.1. The zero-order valence-corrected chi connectivity index (χ0v) is 13.0. The van der Waals surface area contributed by atoms with Gasteiger partial charge in [0.2, 0.25) is 5.91 Å². The average molecular weight is 325 g/mol. The smallest absolute Gasteiger partial charge is 0.238 e. The molecule has 0 saturated carbocycles. The Balaban J connectivity index is 1.72. The van der Waals surface area contributed by atoms with Gasteiger partial charge in [0, 0.05) is 30.0 Å². The fourth-order valence-corrected chi connectivity index (χ4v) is 2.07. The van der Waals surface area contributed by atoms with E-state index in [1.807, 2.05) is 23.9 Å². The van der Waals surface area contributed by atoms with E-state index in [-0.39, 0.29) is 24.2 Å². The molecule has 0 saturated heterocycles. The van der Waals surface area contributed by atoms with Crippen LogP contribution in [0.4, 0.5) is 10.1 Å². The van der Waals surface area contributed by atoms with E-state index >= 15 is 0 Å². The molecule has 1 heterocycles. The van der Waals surface area contributed by atoms with Gasteiger partial charge in [0.05, 0.1) is 12.2 Å². The SMILES string of the molecule is C[C@H](CCn1cccn1)NCC(=O)Nc1ccc(Cl)cc1F. The Morgan fingerprint density at radius 1 is 1.50 bits per heavy atom. The number of amides is 1. The van der Waals surface area contributed by atoms with E-state index in [9.17, 15) is 9.18 Å². The van der Waals surface area contributed by atoms with E-state index in [2.05, 4.69) is 15.7 Å². The minimum absolute atomic E-state index is 0.113. The monoisotopic (exact) mass is 324 g/mol. The molecule has 118 valence electrons. The molecule has 0 unspecified atom stereocenters. The van der Waals surface area contributed by atoms with Crippen LogP contribution in [0.25, 0.3) is 0 Å². The molecule has 22 heavy (non-hydrogen) atoms. The minimum atomic E-state index is -0.549. The summed E-state index contributed by atoms with van der Waals surface area (Å²) in [6, 6.07) is 6.14. The van der Waals surface area contributed by atoms with Crippen LogP contribution in [0, 0.1) is 5.82 Å².